The number of aliphatic hydroxyl groups is 1. The fourth-order valence-electron chi connectivity index (χ4n) is 2.78. The van der Waals surface area contributed by atoms with Crippen molar-refractivity contribution in [3.8, 4) is 0 Å². The van der Waals surface area contributed by atoms with Crippen molar-refractivity contribution in [3.05, 3.63) is 27.9 Å². The number of aromatic nitrogens is 2. The van der Waals surface area contributed by atoms with Crippen LogP contribution < -0.4 is 5.56 Å². The van der Waals surface area contributed by atoms with Crippen LogP contribution in [0.4, 0.5) is 0 Å². The first-order valence-electron chi connectivity index (χ1n) is 7.09. The maximum atomic E-state index is 11.5. The molecule has 0 radical (unpaired) electrons. The lowest BCUT2D eigenvalue weighted by Gasteiger charge is -2.24. The van der Waals surface area contributed by atoms with Crippen LogP contribution in [0.5, 0.6) is 0 Å². The molecule has 2 rings (SSSR count). The van der Waals surface area contributed by atoms with Crippen molar-refractivity contribution in [2.24, 2.45) is 0 Å². The molecule has 1 aliphatic rings. The van der Waals surface area contributed by atoms with Crippen LogP contribution in [-0.4, -0.2) is 38.7 Å². The highest BCUT2D eigenvalue weighted by Gasteiger charge is 2.26. The first-order valence-corrected chi connectivity index (χ1v) is 7.09. The van der Waals surface area contributed by atoms with Gasteiger partial charge in [-0.25, -0.2) is 4.98 Å². The van der Waals surface area contributed by atoms with Crippen molar-refractivity contribution in [2.75, 3.05) is 6.54 Å². The third kappa shape index (κ3) is 3.88. The van der Waals surface area contributed by atoms with E-state index in [1.165, 1.54) is 0 Å². The molecule has 0 aliphatic carbocycles. The average Bonchev–Trinajstić information content (AvgIpc) is 2.75. The van der Waals surface area contributed by atoms with Gasteiger partial charge in [0.2, 0.25) is 0 Å². The van der Waals surface area contributed by atoms with Crippen LogP contribution in [0.3, 0.4) is 0 Å². The van der Waals surface area contributed by atoms with E-state index in [0.29, 0.717) is 12.6 Å². The molecule has 1 fully saturated rings. The first kappa shape index (κ1) is 14.2. The minimum absolute atomic E-state index is 0.0758. The molecular formula is C14H23N3O2. The Morgan fingerprint density at radius 1 is 1.63 bits per heavy atom. The second-order valence-corrected chi connectivity index (χ2v) is 5.39. The lowest BCUT2D eigenvalue weighted by Crippen LogP contribution is -2.32. The number of rotatable bonds is 5. The van der Waals surface area contributed by atoms with E-state index in [1.54, 1.807) is 6.07 Å². The van der Waals surface area contributed by atoms with Crippen LogP contribution in [0.15, 0.2) is 10.9 Å². The highest BCUT2D eigenvalue weighted by Crippen LogP contribution is 2.22. The van der Waals surface area contributed by atoms with Crippen LogP contribution in [-0.2, 0) is 13.0 Å². The van der Waals surface area contributed by atoms with Gasteiger partial charge in [-0.1, -0.05) is 6.92 Å². The molecule has 0 amide bonds. The SMILES string of the molecule is CCc1cc(=O)[nH]c(CN2CCCC2CC(C)O)n1. The Labute approximate surface area is 113 Å². The van der Waals surface area contributed by atoms with Crippen molar-refractivity contribution >= 4 is 0 Å². The summed E-state index contributed by atoms with van der Waals surface area (Å²) in [6.07, 6.45) is 3.54. The van der Waals surface area contributed by atoms with E-state index in [1.807, 2.05) is 13.8 Å². The summed E-state index contributed by atoms with van der Waals surface area (Å²) in [5.41, 5.74) is 0.762. The third-order valence-corrected chi connectivity index (χ3v) is 3.67. The number of aryl methyl sites for hydroxylation is 1. The molecule has 5 nitrogen and oxygen atoms in total. The number of hydrogen-bond donors (Lipinski definition) is 2. The van der Waals surface area contributed by atoms with Gasteiger partial charge in [-0.3, -0.25) is 9.69 Å². The van der Waals surface area contributed by atoms with Gasteiger partial charge in [-0.05, 0) is 39.2 Å². The molecule has 0 bridgehead atoms. The smallest absolute Gasteiger partial charge is 0.251 e. The Kier molecular flexibility index (Phi) is 4.71. The maximum Gasteiger partial charge on any atom is 0.251 e. The molecule has 0 spiro atoms. The van der Waals surface area contributed by atoms with E-state index in [4.69, 9.17) is 0 Å². The van der Waals surface area contributed by atoms with Crippen LogP contribution in [0.2, 0.25) is 0 Å². The summed E-state index contributed by atoms with van der Waals surface area (Å²) in [6.45, 7) is 5.50. The quantitative estimate of drug-likeness (QED) is 0.835. The molecule has 1 aliphatic heterocycles. The molecule has 1 aromatic heterocycles. The predicted octanol–water partition coefficient (Wildman–Crippen LogP) is 1.07. The first-order chi connectivity index (χ1) is 9.08. The van der Waals surface area contributed by atoms with Gasteiger partial charge in [0.15, 0.2) is 0 Å². The Morgan fingerprint density at radius 2 is 2.42 bits per heavy atom. The summed E-state index contributed by atoms with van der Waals surface area (Å²) in [6, 6.07) is 1.96. The van der Waals surface area contributed by atoms with E-state index < -0.39 is 0 Å². The van der Waals surface area contributed by atoms with Crippen molar-refractivity contribution in [1.29, 1.82) is 0 Å². The van der Waals surface area contributed by atoms with Gasteiger partial charge in [-0.15, -0.1) is 0 Å². The van der Waals surface area contributed by atoms with Gasteiger partial charge in [0.05, 0.1) is 12.6 Å². The van der Waals surface area contributed by atoms with E-state index in [0.717, 1.165) is 43.7 Å². The molecule has 2 unspecified atom stereocenters. The molecule has 2 heterocycles. The second-order valence-electron chi connectivity index (χ2n) is 5.39. The predicted molar refractivity (Wildman–Crippen MR) is 74.0 cm³/mol. The van der Waals surface area contributed by atoms with Crippen LogP contribution in [0, 0.1) is 0 Å². The van der Waals surface area contributed by atoms with Crippen LogP contribution in [0.25, 0.3) is 0 Å². The van der Waals surface area contributed by atoms with E-state index in [-0.39, 0.29) is 11.7 Å². The molecule has 2 N–H and O–H groups in total. The topological polar surface area (TPSA) is 69.2 Å². The summed E-state index contributed by atoms with van der Waals surface area (Å²) in [7, 11) is 0. The molecule has 19 heavy (non-hydrogen) atoms. The number of H-pyrrole nitrogens is 1. The molecule has 2 atom stereocenters. The Hall–Kier alpha value is -1.20. The number of nitrogens with one attached hydrogen (secondary N) is 1. The lowest BCUT2D eigenvalue weighted by molar-refractivity contribution is 0.129. The highest BCUT2D eigenvalue weighted by molar-refractivity contribution is 5.03. The second kappa shape index (κ2) is 6.30. The largest absolute Gasteiger partial charge is 0.393 e. The molecule has 1 aromatic rings. The minimum atomic E-state index is -0.278. The summed E-state index contributed by atoms with van der Waals surface area (Å²) in [5.74, 6) is 0.738. The summed E-state index contributed by atoms with van der Waals surface area (Å²) in [5, 5.41) is 9.52. The maximum absolute atomic E-state index is 11.5. The monoisotopic (exact) mass is 265 g/mol. The van der Waals surface area contributed by atoms with Crippen molar-refractivity contribution in [2.45, 2.75) is 58.2 Å². The number of likely N-dealkylation sites (tertiary alicyclic amines) is 1. The van der Waals surface area contributed by atoms with Gasteiger partial charge in [0.25, 0.3) is 5.56 Å². The van der Waals surface area contributed by atoms with Gasteiger partial charge >= 0.3 is 0 Å². The van der Waals surface area contributed by atoms with E-state index in [9.17, 15) is 9.90 Å². The summed E-state index contributed by atoms with van der Waals surface area (Å²) in [4.78, 5) is 21.1. The zero-order valence-corrected chi connectivity index (χ0v) is 11.7. The van der Waals surface area contributed by atoms with Crippen molar-refractivity contribution < 1.29 is 5.11 Å². The molecule has 5 heteroatoms. The molecule has 106 valence electrons. The van der Waals surface area contributed by atoms with Gasteiger partial charge < -0.3 is 10.1 Å². The van der Waals surface area contributed by atoms with Crippen molar-refractivity contribution in [3.63, 3.8) is 0 Å². The Balaban J connectivity index is 2.07. The number of hydrogen-bond acceptors (Lipinski definition) is 4. The van der Waals surface area contributed by atoms with Gasteiger partial charge in [0.1, 0.15) is 5.82 Å². The van der Waals surface area contributed by atoms with Crippen molar-refractivity contribution in [1.82, 2.24) is 14.9 Å². The minimum Gasteiger partial charge on any atom is -0.393 e. The summed E-state index contributed by atoms with van der Waals surface area (Å²) >= 11 is 0. The molecule has 0 saturated carbocycles. The number of aliphatic hydroxyl groups excluding tert-OH is 1. The highest BCUT2D eigenvalue weighted by atomic mass is 16.3. The standard InChI is InChI=1S/C14H23N3O2/c1-3-11-8-14(19)16-13(15-11)9-17-6-4-5-12(17)7-10(2)18/h8,10,12,18H,3-7,9H2,1-2H3,(H,15,16,19). The molecule has 1 saturated heterocycles. The lowest BCUT2D eigenvalue weighted by atomic mass is 10.1. The zero-order valence-electron chi connectivity index (χ0n) is 11.7. The molecule has 0 aromatic carbocycles. The average molecular weight is 265 g/mol. The number of aromatic amines is 1. The van der Waals surface area contributed by atoms with Crippen LogP contribution >= 0.6 is 0 Å². The third-order valence-electron chi connectivity index (χ3n) is 3.67. The molecular weight excluding hydrogens is 242 g/mol. The fourth-order valence-corrected chi connectivity index (χ4v) is 2.78. The fraction of sp³-hybridized carbons (Fsp3) is 0.714. The van der Waals surface area contributed by atoms with Gasteiger partial charge in [-0.2, -0.15) is 0 Å². The van der Waals surface area contributed by atoms with E-state index >= 15 is 0 Å². The zero-order chi connectivity index (χ0) is 13.8. The van der Waals surface area contributed by atoms with Gasteiger partial charge in [0, 0.05) is 17.8 Å². The number of nitrogens with zero attached hydrogens (tertiary/aromatic N) is 2. The Bertz CT molecular complexity index is 470. The summed E-state index contributed by atoms with van der Waals surface area (Å²) < 4.78 is 0. The Morgan fingerprint density at radius 3 is 3.11 bits per heavy atom. The normalized spacial score (nSPS) is 21.7. The van der Waals surface area contributed by atoms with Crippen LogP contribution in [0.1, 0.15) is 44.6 Å². The van der Waals surface area contributed by atoms with E-state index in [2.05, 4.69) is 14.9 Å².